The van der Waals surface area contributed by atoms with Crippen molar-refractivity contribution in [2.24, 2.45) is 0 Å². The van der Waals surface area contributed by atoms with Crippen LogP contribution in [0.2, 0.25) is 0 Å². The van der Waals surface area contributed by atoms with E-state index in [9.17, 15) is 9.90 Å². The fourth-order valence-electron chi connectivity index (χ4n) is 3.89. The first kappa shape index (κ1) is 21.2. The molecule has 1 aliphatic rings. The van der Waals surface area contributed by atoms with Gasteiger partial charge in [0.1, 0.15) is 12.4 Å². The molecule has 1 unspecified atom stereocenters. The lowest BCUT2D eigenvalue weighted by Crippen LogP contribution is -2.41. The van der Waals surface area contributed by atoms with Gasteiger partial charge in [0.2, 0.25) is 5.91 Å². The van der Waals surface area contributed by atoms with Gasteiger partial charge < -0.3 is 24.1 Å². The normalized spacial score (nSPS) is 15.3. The van der Waals surface area contributed by atoms with Gasteiger partial charge in [0.15, 0.2) is 0 Å². The minimum Gasteiger partial charge on any atom is -0.467 e. The molecule has 0 saturated heterocycles. The van der Waals surface area contributed by atoms with Gasteiger partial charge in [0.25, 0.3) is 0 Å². The molecule has 1 aromatic heterocycles. The summed E-state index contributed by atoms with van der Waals surface area (Å²) in [6, 6.07) is 21.8. The number of para-hydroxylation sites is 1. The minimum absolute atomic E-state index is 0.118. The van der Waals surface area contributed by atoms with Gasteiger partial charge in [-0.05, 0) is 29.3 Å². The average molecular weight is 421 g/mol. The molecule has 0 saturated carbocycles. The number of anilines is 1. The molecule has 1 amide bonds. The maximum absolute atomic E-state index is 12.9. The van der Waals surface area contributed by atoms with Gasteiger partial charge in [-0.25, -0.2) is 0 Å². The Morgan fingerprint density at radius 1 is 1.00 bits per heavy atom. The Balaban J connectivity index is 1.42. The van der Waals surface area contributed by atoms with Crippen molar-refractivity contribution in [2.45, 2.75) is 32.2 Å². The van der Waals surface area contributed by atoms with E-state index in [1.54, 1.807) is 6.26 Å². The van der Waals surface area contributed by atoms with Crippen LogP contribution in [-0.2, 0) is 29.2 Å². The largest absolute Gasteiger partial charge is 0.467 e. The molecule has 1 atom stereocenters. The summed E-state index contributed by atoms with van der Waals surface area (Å²) in [6.45, 7) is 2.63. The van der Waals surface area contributed by atoms with Crippen LogP contribution in [0.25, 0.3) is 0 Å². The predicted octanol–water partition coefficient (Wildman–Crippen LogP) is 3.60. The van der Waals surface area contributed by atoms with E-state index in [1.807, 2.05) is 59.5 Å². The van der Waals surface area contributed by atoms with E-state index in [-0.39, 0.29) is 12.5 Å². The van der Waals surface area contributed by atoms with E-state index in [1.165, 1.54) is 0 Å². The second-order valence-corrected chi connectivity index (χ2v) is 7.81. The second-order valence-electron chi connectivity index (χ2n) is 7.81. The summed E-state index contributed by atoms with van der Waals surface area (Å²) in [5, 5.41) is 10.5. The van der Waals surface area contributed by atoms with E-state index in [4.69, 9.17) is 9.15 Å². The third kappa shape index (κ3) is 5.75. The lowest BCUT2D eigenvalue weighted by Gasteiger charge is -2.34. The summed E-state index contributed by atoms with van der Waals surface area (Å²) in [6.07, 6.45) is 1.34. The number of carbonyl (C=O) groups excluding carboxylic acids is 1. The number of benzene rings is 2. The molecule has 1 N–H and O–H groups in total. The molecule has 0 bridgehead atoms. The van der Waals surface area contributed by atoms with Crippen LogP contribution in [-0.4, -0.2) is 41.7 Å². The van der Waals surface area contributed by atoms with Crippen LogP contribution in [0.3, 0.4) is 0 Å². The molecule has 4 rings (SSSR count). The first-order valence-electron chi connectivity index (χ1n) is 10.6. The summed E-state index contributed by atoms with van der Waals surface area (Å²) >= 11 is 0. The summed E-state index contributed by atoms with van der Waals surface area (Å²) in [5.74, 6) is 0.847. The minimum atomic E-state index is -0.669. The maximum atomic E-state index is 12.9. The molecule has 0 aliphatic carbocycles. The van der Waals surface area contributed by atoms with Crippen molar-refractivity contribution < 1.29 is 19.1 Å². The Labute approximate surface area is 182 Å². The highest BCUT2D eigenvalue weighted by atomic mass is 16.5. The van der Waals surface area contributed by atoms with Crippen LogP contribution in [0.5, 0.6) is 0 Å². The molecule has 31 heavy (non-hydrogen) atoms. The number of hydrogen-bond donors (Lipinski definition) is 1. The van der Waals surface area contributed by atoms with Gasteiger partial charge in [0, 0.05) is 38.3 Å². The molecule has 2 heterocycles. The third-order valence-electron chi connectivity index (χ3n) is 5.42. The van der Waals surface area contributed by atoms with Gasteiger partial charge in [-0.15, -0.1) is 0 Å². The summed E-state index contributed by atoms with van der Waals surface area (Å²) < 4.78 is 10.8. The van der Waals surface area contributed by atoms with Gasteiger partial charge in [-0.3, -0.25) is 4.79 Å². The first-order chi connectivity index (χ1) is 15.2. The van der Waals surface area contributed by atoms with Crippen molar-refractivity contribution in [3.63, 3.8) is 0 Å². The SMILES string of the molecule is O=C1CCN(CC(O)COCc2ccco2)c2ccccc2CN1Cc1ccccc1. The molecule has 6 heteroatoms. The van der Waals surface area contributed by atoms with Crippen molar-refractivity contribution in [1.29, 1.82) is 0 Å². The Hall–Kier alpha value is -3.09. The zero-order valence-corrected chi connectivity index (χ0v) is 17.5. The Morgan fingerprint density at radius 3 is 2.61 bits per heavy atom. The number of rotatable bonds is 8. The standard InChI is InChI=1S/C25H28N2O4/c28-22(18-30-19-23-10-6-14-31-23)17-26-13-12-25(29)27(15-20-7-2-1-3-8-20)16-21-9-4-5-11-24(21)26/h1-11,14,22,28H,12-13,15-19H2. The number of ether oxygens (including phenoxy) is 1. The summed E-state index contributed by atoms with van der Waals surface area (Å²) in [4.78, 5) is 16.9. The molecule has 2 aromatic carbocycles. The highest BCUT2D eigenvalue weighted by Crippen LogP contribution is 2.26. The monoisotopic (exact) mass is 420 g/mol. The number of furan rings is 1. The van der Waals surface area contributed by atoms with Gasteiger partial charge in [-0.2, -0.15) is 0 Å². The second kappa shape index (κ2) is 10.3. The molecule has 0 spiro atoms. The number of aliphatic hydroxyl groups is 1. The van der Waals surface area contributed by atoms with Crippen molar-refractivity contribution >= 4 is 11.6 Å². The van der Waals surface area contributed by atoms with Crippen molar-refractivity contribution in [3.8, 4) is 0 Å². The topological polar surface area (TPSA) is 66.2 Å². The highest BCUT2D eigenvalue weighted by molar-refractivity contribution is 5.78. The van der Waals surface area contributed by atoms with Crippen LogP contribution in [0.4, 0.5) is 5.69 Å². The molecular formula is C25H28N2O4. The number of β-amino-alcohol motifs (C(OH)–C–C–N with tert-alkyl or cyclic N) is 1. The van der Waals surface area contributed by atoms with Crippen molar-refractivity contribution in [3.05, 3.63) is 89.9 Å². The molecule has 0 fully saturated rings. The fourth-order valence-corrected chi connectivity index (χ4v) is 3.89. The van der Waals surface area contributed by atoms with E-state index in [0.717, 1.165) is 22.6 Å². The number of nitrogens with zero attached hydrogens (tertiary/aromatic N) is 2. The number of fused-ring (bicyclic) bond motifs is 1. The fraction of sp³-hybridized carbons (Fsp3) is 0.320. The highest BCUT2D eigenvalue weighted by Gasteiger charge is 2.24. The molecule has 6 nitrogen and oxygen atoms in total. The number of hydrogen-bond acceptors (Lipinski definition) is 5. The zero-order valence-electron chi connectivity index (χ0n) is 17.5. The quantitative estimate of drug-likeness (QED) is 0.603. The van der Waals surface area contributed by atoms with E-state index in [0.29, 0.717) is 39.2 Å². The average Bonchev–Trinajstić information content (AvgIpc) is 3.30. The van der Waals surface area contributed by atoms with Crippen molar-refractivity contribution in [1.82, 2.24) is 4.90 Å². The summed E-state index contributed by atoms with van der Waals surface area (Å²) in [7, 11) is 0. The molecule has 1 aliphatic heterocycles. The first-order valence-corrected chi connectivity index (χ1v) is 10.6. The van der Waals surface area contributed by atoms with Crippen LogP contribution in [0, 0.1) is 0 Å². The molecular weight excluding hydrogens is 392 g/mol. The lowest BCUT2D eigenvalue weighted by molar-refractivity contribution is -0.132. The van der Waals surface area contributed by atoms with Crippen LogP contribution >= 0.6 is 0 Å². The van der Waals surface area contributed by atoms with Crippen molar-refractivity contribution in [2.75, 3.05) is 24.6 Å². The van der Waals surface area contributed by atoms with Gasteiger partial charge >= 0.3 is 0 Å². The predicted molar refractivity (Wildman–Crippen MR) is 118 cm³/mol. The van der Waals surface area contributed by atoms with E-state index >= 15 is 0 Å². The smallest absolute Gasteiger partial charge is 0.224 e. The van der Waals surface area contributed by atoms with Crippen LogP contribution < -0.4 is 4.90 Å². The number of carbonyl (C=O) groups is 1. The van der Waals surface area contributed by atoms with Crippen LogP contribution in [0.15, 0.2) is 77.4 Å². The Kier molecular flexibility index (Phi) is 7.02. The molecule has 0 radical (unpaired) electrons. The third-order valence-corrected chi connectivity index (χ3v) is 5.42. The molecule has 3 aromatic rings. The summed E-state index contributed by atoms with van der Waals surface area (Å²) in [5.41, 5.74) is 3.25. The Bertz CT molecular complexity index is 959. The zero-order chi connectivity index (χ0) is 21.5. The van der Waals surface area contributed by atoms with E-state index < -0.39 is 6.10 Å². The van der Waals surface area contributed by atoms with Gasteiger partial charge in [-0.1, -0.05) is 48.5 Å². The maximum Gasteiger partial charge on any atom is 0.224 e. The number of aliphatic hydroxyl groups excluding tert-OH is 1. The molecule has 162 valence electrons. The lowest BCUT2D eigenvalue weighted by atomic mass is 10.1. The van der Waals surface area contributed by atoms with Gasteiger partial charge in [0.05, 0.1) is 19.0 Å². The van der Waals surface area contributed by atoms with Crippen LogP contribution in [0.1, 0.15) is 23.3 Å². The van der Waals surface area contributed by atoms with E-state index in [2.05, 4.69) is 17.0 Å². The Morgan fingerprint density at radius 2 is 1.81 bits per heavy atom. The number of amides is 1.